The van der Waals surface area contributed by atoms with Crippen molar-refractivity contribution in [3.05, 3.63) is 75.2 Å². The van der Waals surface area contributed by atoms with E-state index in [1.165, 1.54) is 0 Å². The number of fused-ring (bicyclic) bond motifs is 1. The number of carbonyl (C=O) groups is 1. The van der Waals surface area contributed by atoms with Crippen molar-refractivity contribution in [2.45, 2.75) is 0 Å². The molecular weight excluding hydrogens is 350 g/mol. The van der Waals surface area contributed by atoms with Crippen molar-refractivity contribution in [3.63, 3.8) is 0 Å². The van der Waals surface area contributed by atoms with Crippen molar-refractivity contribution in [1.82, 2.24) is 0 Å². The fourth-order valence-electron chi connectivity index (χ4n) is 2.32. The lowest BCUT2D eigenvalue weighted by Gasteiger charge is -2.09. The van der Waals surface area contributed by atoms with E-state index in [0.29, 0.717) is 21.8 Å². The van der Waals surface area contributed by atoms with E-state index in [1.807, 2.05) is 30.3 Å². The van der Waals surface area contributed by atoms with Gasteiger partial charge in [0.25, 0.3) is 0 Å². The molecule has 2 N–H and O–H groups in total. The first-order valence-electron chi connectivity index (χ1n) is 6.35. The Balaban J connectivity index is 2.23. The Kier molecular flexibility index (Phi) is 3.70. The number of benzene rings is 3. The normalized spacial score (nSPS) is 10.8. The first kappa shape index (κ1) is 14.1. The van der Waals surface area contributed by atoms with Crippen LogP contribution in [0.3, 0.4) is 0 Å². The monoisotopic (exact) mass is 359 g/mol. The van der Waals surface area contributed by atoms with E-state index in [4.69, 9.17) is 17.3 Å². The third kappa shape index (κ3) is 2.55. The Morgan fingerprint density at radius 1 is 0.952 bits per heavy atom. The SMILES string of the molecule is Nc1ccc(Cl)c(C(=O)c2ccc(Br)c3ccccc23)c1. The molecule has 4 heteroatoms. The third-order valence-electron chi connectivity index (χ3n) is 3.35. The van der Waals surface area contributed by atoms with E-state index >= 15 is 0 Å². The molecule has 0 radical (unpaired) electrons. The number of ketones is 1. The summed E-state index contributed by atoms with van der Waals surface area (Å²) in [6.07, 6.45) is 0. The van der Waals surface area contributed by atoms with Crippen LogP contribution in [0.1, 0.15) is 15.9 Å². The second-order valence-electron chi connectivity index (χ2n) is 4.71. The number of hydrogen-bond donors (Lipinski definition) is 1. The highest BCUT2D eigenvalue weighted by molar-refractivity contribution is 9.10. The molecule has 0 amide bonds. The van der Waals surface area contributed by atoms with Crippen molar-refractivity contribution in [1.29, 1.82) is 0 Å². The number of nitrogens with two attached hydrogens (primary N) is 1. The van der Waals surface area contributed by atoms with Gasteiger partial charge in [-0.2, -0.15) is 0 Å². The lowest BCUT2D eigenvalue weighted by atomic mass is 9.97. The first-order chi connectivity index (χ1) is 10.1. The van der Waals surface area contributed by atoms with Crippen LogP contribution in [-0.4, -0.2) is 5.78 Å². The van der Waals surface area contributed by atoms with Crippen molar-refractivity contribution in [2.75, 3.05) is 5.73 Å². The molecule has 0 spiro atoms. The zero-order valence-corrected chi connectivity index (χ0v) is 13.3. The highest BCUT2D eigenvalue weighted by Gasteiger charge is 2.16. The smallest absolute Gasteiger partial charge is 0.195 e. The van der Waals surface area contributed by atoms with Crippen molar-refractivity contribution < 1.29 is 4.79 Å². The summed E-state index contributed by atoms with van der Waals surface area (Å²) in [5.74, 6) is -0.129. The second-order valence-corrected chi connectivity index (χ2v) is 5.97. The summed E-state index contributed by atoms with van der Waals surface area (Å²) in [4.78, 5) is 12.8. The van der Waals surface area contributed by atoms with Gasteiger partial charge in [-0.05, 0) is 41.1 Å². The van der Waals surface area contributed by atoms with Gasteiger partial charge < -0.3 is 5.73 Å². The van der Waals surface area contributed by atoms with Crippen LogP contribution in [0.2, 0.25) is 5.02 Å². The van der Waals surface area contributed by atoms with Crippen LogP contribution in [0.15, 0.2) is 59.1 Å². The maximum Gasteiger partial charge on any atom is 0.195 e. The van der Waals surface area contributed by atoms with Crippen LogP contribution in [0.25, 0.3) is 10.8 Å². The summed E-state index contributed by atoms with van der Waals surface area (Å²) in [5, 5.41) is 2.28. The molecule has 0 unspecified atom stereocenters. The highest BCUT2D eigenvalue weighted by atomic mass is 79.9. The van der Waals surface area contributed by atoms with E-state index in [2.05, 4.69) is 15.9 Å². The van der Waals surface area contributed by atoms with Gasteiger partial charge in [-0.25, -0.2) is 0 Å². The van der Waals surface area contributed by atoms with E-state index in [-0.39, 0.29) is 5.78 Å². The zero-order chi connectivity index (χ0) is 15.0. The summed E-state index contributed by atoms with van der Waals surface area (Å²) in [6, 6.07) is 16.3. The Hall–Kier alpha value is -1.84. The maximum atomic E-state index is 12.8. The minimum absolute atomic E-state index is 0.129. The summed E-state index contributed by atoms with van der Waals surface area (Å²) < 4.78 is 0.952. The molecule has 0 aliphatic heterocycles. The molecule has 0 fully saturated rings. The van der Waals surface area contributed by atoms with Crippen LogP contribution in [0.5, 0.6) is 0 Å². The van der Waals surface area contributed by atoms with Gasteiger partial charge >= 0.3 is 0 Å². The molecule has 104 valence electrons. The van der Waals surface area contributed by atoms with Crippen LogP contribution in [0.4, 0.5) is 5.69 Å². The minimum Gasteiger partial charge on any atom is -0.399 e. The third-order valence-corrected chi connectivity index (χ3v) is 4.37. The molecule has 0 atom stereocenters. The lowest BCUT2D eigenvalue weighted by Crippen LogP contribution is -2.04. The number of halogens is 2. The number of rotatable bonds is 2. The fraction of sp³-hybridized carbons (Fsp3) is 0. The Labute approximate surface area is 135 Å². The minimum atomic E-state index is -0.129. The molecule has 0 aliphatic rings. The molecule has 0 heterocycles. The molecule has 0 aliphatic carbocycles. The molecule has 2 nitrogen and oxygen atoms in total. The Morgan fingerprint density at radius 2 is 1.67 bits per heavy atom. The first-order valence-corrected chi connectivity index (χ1v) is 7.52. The van der Waals surface area contributed by atoms with E-state index in [9.17, 15) is 4.79 Å². The van der Waals surface area contributed by atoms with Crippen LogP contribution in [-0.2, 0) is 0 Å². The molecule has 3 rings (SSSR count). The molecule has 0 saturated heterocycles. The number of hydrogen-bond acceptors (Lipinski definition) is 2. The Morgan fingerprint density at radius 3 is 2.43 bits per heavy atom. The zero-order valence-electron chi connectivity index (χ0n) is 10.9. The van der Waals surface area contributed by atoms with E-state index < -0.39 is 0 Å². The average molecular weight is 361 g/mol. The van der Waals surface area contributed by atoms with Crippen molar-refractivity contribution in [3.8, 4) is 0 Å². The number of nitrogen functional groups attached to an aromatic ring is 1. The van der Waals surface area contributed by atoms with Crippen molar-refractivity contribution >= 4 is 49.8 Å². The molecule has 0 saturated carbocycles. The van der Waals surface area contributed by atoms with Gasteiger partial charge in [0.1, 0.15) is 0 Å². The van der Waals surface area contributed by atoms with Crippen molar-refractivity contribution in [2.24, 2.45) is 0 Å². The van der Waals surface area contributed by atoms with Crippen LogP contribution in [0, 0.1) is 0 Å². The predicted octanol–water partition coefficient (Wildman–Crippen LogP) is 5.07. The number of carbonyl (C=O) groups excluding carboxylic acids is 1. The topological polar surface area (TPSA) is 43.1 Å². The summed E-state index contributed by atoms with van der Waals surface area (Å²) in [5.41, 5.74) is 7.31. The molecular formula is C17H11BrClNO. The molecule has 3 aromatic rings. The second kappa shape index (κ2) is 5.51. The quantitative estimate of drug-likeness (QED) is 0.512. The summed E-state index contributed by atoms with van der Waals surface area (Å²) in [7, 11) is 0. The molecule has 21 heavy (non-hydrogen) atoms. The summed E-state index contributed by atoms with van der Waals surface area (Å²) >= 11 is 9.64. The van der Waals surface area contributed by atoms with Gasteiger partial charge in [0.05, 0.1) is 5.02 Å². The van der Waals surface area contributed by atoms with Gasteiger partial charge in [-0.15, -0.1) is 0 Å². The van der Waals surface area contributed by atoms with E-state index in [1.54, 1.807) is 24.3 Å². The fourth-order valence-corrected chi connectivity index (χ4v) is 3.00. The van der Waals surface area contributed by atoms with Crippen LogP contribution < -0.4 is 5.73 Å². The van der Waals surface area contributed by atoms with E-state index in [0.717, 1.165) is 15.2 Å². The van der Waals surface area contributed by atoms with Gasteiger partial charge in [0.2, 0.25) is 0 Å². The molecule has 3 aromatic carbocycles. The largest absolute Gasteiger partial charge is 0.399 e. The number of anilines is 1. The lowest BCUT2D eigenvalue weighted by molar-refractivity contribution is 0.104. The Bertz CT molecular complexity index is 861. The maximum absolute atomic E-state index is 12.8. The van der Waals surface area contributed by atoms with Gasteiger partial charge in [-0.1, -0.05) is 51.8 Å². The highest BCUT2D eigenvalue weighted by Crippen LogP contribution is 2.30. The molecule has 0 aromatic heterocycles. The standard InChI is InChI=1S/C17H11BrClNO/c18-15-7-6-13(11-3-1-2-4-12(11)15)17(21)14-9-10(20)5-8-16(14)19/h1-9H,20H2. The van der Waals surface area contributed by atoms with Gasteiger partial charge in [-0.3, -0.25) is 4.79 Å². The van der Waals surface area contributed by atoms with Gasteiger partial charge in [0, 0.05) is 21.3 Å². The predicted molar refractivity (Wildman–Crippen MR) is 90.9 cm³/mol. The molecule has 0 bridgehead atoms. The average Bonchev–Trinajstić information content (AvgIpc) is 2.50. The van der Waals surface area contributed by atoms with Gasteiger partial charge in [0.15, 0.2) is 5.78 Å². The summed E-state index contributed by atoms with van der Waals surface area (Å²) in [6.45, 7) is 0. The van der Waals surface area contributed by atoms with Crippen LogP contribution >= 0.6 is 27.5 Å².